The molecule has 1 heterocycles. The lowest BCUT2D eigenvalue weighted by molar-refractivity contribution is 1.18. The molecule has 0 aliphatic carbocycles. The first-order valence-corrected chi connectivity index (χ1v) is 2.92. The van der Waals surface area contributed by atoms with Gasteiger partial charge in [0.15, 0.2) is 11.1 Å². The summed E-state index contributed by atoms with van der Waals surface area (Å²) in [5.74, 6) is 0.412. The van der Waals surface area contributed by atoms with E-state index in [0.29, 0.717) is 5.82 Å². The van der Waals surface area contributed by atoms with Crippen molar-refractivity contribution in [1.82, 2.24) is 9.97 Å². The van der Waals surface area contributed by atoms with Crippen LogP contribution in [0.5, 0.6) is 0 Å². The number of halogens is 1. The summed E-state index contributed by atoms with van der Waals surface area (Å²) in [6, 6.07) is 0. The maximum absolute atomic E-state index is 5.27. The first-order valence-electron chi connectivity index (χ1n) is 2.55. The third kappa shape index (κ3) is 1.99. The molecule has 0 amide bonds. The van der Waals surface area contributed by atoms with E-state index >= 15 is 0 Å². The molecule has 10 heavy (non-hydrogen) atoms. The molecule has 0 unspecified atom stereocenters. The van der Waals surface area contributed by atoms with Gasteiger partial charge >= 0.3 is 0 Å². The Hall–Kier alpha value is -1.16. The van der Waals surface area contributed by atoms with Crippen LogP contribution in [0, 0.1) is 0 Å². The fraction of sp³-hybridized carbons (Fsp3) is 0. The third-order valence-electron chi connectivity index (χ3n) is 0.771. The van der Waals surface area contributed by atoms with Crippen LogP contribution in [-0.2, 0) is 0 Å². The van der Waals surface area contributed by atoms with Gasteiger partial charge in [0.05, 0.1) is 6.20 Å². The normalized spacial score (nSPS) is 11.5. The van der Waals surface area contributed by atoms with Crippen LogP contribution in [0.4, 0.5) is 5.82 Å². The smallest absolute Gasteiger partial charge is 0.195 e. The maximum atomic E-state index is 5.27. The first-order chi connectivity index (χ1) is 4.79. The fourth-order valence-electron chi connectivity index (χ4n) is 0.458. The van der Waals surface area contributed by atoms with Crippen LogP contribution in [0.25, 0.3) is 0 Å². The summed E-state index contributed by atoms with van der Waals surface area (Å²) >= 11 is 5.27. The number of aromatic nitrogens is 2. The van der Waals surface area contributed by atoms with Gasteiger partial charge in [0.2, 0.25) is 0 Å². The Morgan fingerprint density at radius 2 is 2.40 bits per heavy atom. The number of amidine groups is 1. The topological polar surface area (TPSA) is 64.2 Å². The van der Waals surface area contributed by atoms with Gasteiger partial charge in [-0.05, 0) is 11.6 Å². The highest BCUT2D eigenvalue weighted by Gasteiger charge is 1.87. The van der Waals surface area contributed by atoms with Crippen LogP contribution in [0.1, 0.15) is 0 Å². The van der Waals surface area contributed by atoms with Crippen molar-refractivity contribution in [2.24, 2.45) is 10.7 Å². The molecule has 2 N–H and O–H groups in total. The molecule has 52 valence electrons. The van der Waals surface area contributed by atoms with E-state index in [1.54, 1.807) is 6.20 Å². The van der Waals surface area contributed by atoms with Gasteiger partial charge in [-0.1, -0.05) is 0 Å². The molecule has 0 aromatic carbocycles. The summed E-state index contributed by atoms with van der Waals surface area (Å²) in [4.78, 5) is 11.2. The highest BCUT2D eigenvalue weighted by atomic mass is 35.5. The van der Waals surface area contributed by atoms with Gasteiger partial charge in [-0.2, -0.15) is 4.99 Å². The van der Waals surface area contributed by atoms with Crippen molar-refractivity contribution in [2.45, 2.75) is 0 Å². The second-order valence-electron chi connectivity index (χ2n) is 1.50. The molecular weight excluding hydrogens is 152 g/mol. The van der Waals surface area contributed by atoms with Crippen molar-refractivity contribution in [3.8, 4) is 0 Å². The monoisotopic (exact) mass is 156 g/mol. The Labute approximate surface area is 62.8 Å². The molecule has 0 saturated carbocycles. The van der Waals surface area contributed by atoms with E-state index in [1.165, 1.54) is 12.4 Å². The molecule has 0 atom stereocenters. The van der Waals surface area contributed by atoms with Crippen LogP contribution in [0.2, 0.25) is 0 Å². The van der Waals surface area contributed by atoms with Gasteiger partial charge in [0.25, 0.3) is 0 Å². The SMILES string of the molecule is NC(Cl)=Nc1cnccn1. The van der Waals surface area contributed by atoms with Gasteiger partial charge < -0.3 is 5.73 Å². The Balaban J connectivity index is 2.87. The number of hydrogen-bond donors (Lipinski definition) is 1. The molecule has 0 saturated heterocycles. The fourth-order valence-corrected chi connectivity index (χ4v) is 0.545. The van der Waals surface area contributed by atoms with Crippen molar-refractivity contribution in [3.05, 3.63) is 18.6 Å². The van der Waals surface area contributed by atoms with E-state index in [-0.39, 0.29) is 5.29 Å². The summed E-state index contributed by atoms with van der Waals surface area (Å²) in [5.41, 5.74) is 5.07. The van der Waals surface area contributed by atoms with Crippen molar-refractivity contribution < 1.29 is 0 Å². The number of aliphatic imine (C=N–C) groups is 1. The van der Waals surface area contributed by atoms with Gasteiger partial charge in [-0.25, -0.2) is 4.98 Å². The van der Waals surface area contributed by atoms with E-state index in [0.717, 1.165) is 0 Å². The number of nitrogens with zero attached hydrogens (tertiary/aromatic N) is 3. The molecule has 5 heteroatoms. The predicted octanol–water partition coefficient (Wildman–Crippen LogP) is 0.662. The second-order valence-corrected chi connectivity index (χ2v) is 1.89. The van der Waals surface area contributed by atoms with Crippen LogP contribution < -0.4 is 5.73 Å². The number of hydrogen-bond acceptors (Lipinski definition) is 3. The van der Waals surface area contributed by atoms with Gasteiger partial charge in [0.1, 0.15) is 0 Å². The Morgan fingerprint density at radius 3 is 2.90 bits per heavy atom. The van der Waals surface area contributed by atoms with Crippen molar-refractivity contribution in [3.63, 3.8) is 0 Å². The lowest BCUT2D eigenvalue weighted by Crippen LogP contribution is -2.00. The number of nitrogens with two attached hydrogens (primary N) is 1. The van der Waals surface area contributed by atoms with E-state index in [2.05, 4.69) is 15.0 Å². The average molecular weight is 157 g/mol. The van der Waals surface area contributed by atoms with Crippen LogP contribution in [0.15, 0.2) is 23.6 Å². The zero-order chi connectivity index (χ0) is 7.40. The minimum atomic E-state index is -0.0412. The molecular formula is C5H5ClN4. The van der Waals surface area contributed by atoms with Crippen molar-refractivity contribution in [1.29, 1.82) is 0 Å². The summed E-state index contributed by atoms with van der Waals surface area (Å²) in [6.45, 7) is 0. The second kappa shape index (κ2) is 3.12. The zero-order valence-electron chi connectivity index (χ0n) is 5.03. The molecule has 0 radical (unpaired) electrons. The molecule has 1 aromatic rings. The molecule has 0 bridgehead atoms. The zero-order valence-corrected chi connectivity index (χ0v) is 5.78. The standard InChI is InChI=1S/C5H5ClN4/c6-5(7)10-4-3-8-1-2-9-4/h1-3H,(H2,7,9,10). The van der Waals surface area contributed by atoms with E-state index in [4.69, 9.17) is 17.3 Å². The summed E-state index contributed by atoms with van der Waals surface area (Å²) in [5, 5.41) is -0.0412. The van der Waals surface area contributed by atoms with Crippen molar-refractivity contribution in [2.75, 3.05) is 0 Å². The molecule has 1 rings (SSSR count). The quantitative estimate of drug-likeness (QED) is 0.369. The molecule has 0 fully saturated rings. The van der Waals surface area contributed by atoms with Crippen molar-refractivity contribution >= 4 is 22.7 Å². The lowest BCUT2D eigenvalue weighted by atomic mass is 10.7. The van der Waals surface area contributed by atoms with Crippen LogP contribution in [0.3, 0.4) is 0 Å². The minimum absolute atomic E-state index is 0.0412. The molecule has 0 spiro atoms. The van der Waals surface area contributed by atoms with E-state index in [1.807, 2.05) is 0 Å². The average Bonchev–Trinajstić information content (AvgIpc) is 1.88. The third-order valence-corrected chi connectivity index (χ3v) is 0.855. The Morgan fingerprint density at radius 1 is 1.60 bits per heavy atom. The minimum Gasteiger partial charge on any atom is -0.374 e. The lowest BCUT2D eigenvalue weighted by Gasteiger charge is -1.88. The molecule has 0 aliphatic rings. The highest BCUT2D eigenvalue weighted by molar-refractivity contribution is 6.64. The highest BCUT2D eigenvalue weighted by Crippen LogP contribution is 2.02. The Bertz CT molecular complexity index is 229. The van der Waals surface area contributed by atoms with E-state index < -0.39 is 0 Å². The van der Waals surface area contributed by atoms with Crippen LogP contribution in [-0.4, -0.2) is 15.3 Å². The molecule has 1 aromatic heterocycles. The maximum Gasteiger partial charge on any atom is 0.195 e. The number of rotatable bonds is 1. The summed E-state index contributed by atoms with van der Waals surface area (Å²) < 4.78 is 0. The summed E-state index contributed by atoms with van der Waals surface area (Å²) in [7, 11) is 0. The van der Waals surface area contributed by atoms with Gasteiger partial charge in [0, 0.05) is 12.4 Å². The van der Waals surface area contributed by atoms with Gasteiger partial charge in [-0.3, -0.25) is 4.98 Å². The predicted molar refractivity (Wildman–Crippen MR) is 39.2 cm³/mol. The molecule has 4 nitrogen and oxygen atoms in total. The Kier molecular flexibility index (Phi) is 2.17. The largest absolute Gasteiger partial charge is 0.374 e. The van der Waals surface area contributed by atoms with Gasteiger partial charge in [-0.15, -0.1) is 0 Å². The summed E-state index contributed by atoms with van der Waals surface area (Å²) in [6.07, 6.45) is 4.53. The molecule has 0 aliphatic heterocycles. The van der Waals surface area contributed by atoms with E-state index in [9.17, 15) is 0 Å². The van der Waals surface area contributed by atoms with Crippen LogP contribution >= 0.6 is 11.6 Å². The first kappa shape index (κ1) is 6.95.